The van der Waals surface area contributed by atoms with Crippen LogP contribution in [0.15, 0.2) is 153 Å². The Morgan fingerprint density at radius 2 is 0.683 bits per heavy atom. The van der Waals surface area contributed by atoms with Crippen molar-refractivity contribution in [2.45, 2.75) is 47.3 Å². The summed E-state index contributed by atoms with van der Waals surface area (Å²) in [4.78, 5) is 63.4. The van der Waals surface area contributed by atoms with E-state index in [1.165, 1.54) is 33.3 Å². The highest BCUT2D eigenvalue weighted by molar-refractivity contribution is 8.00. The summed E-state index contributed by atoms with van der Waals surface area (Å²) in [5, 5.41) is 0. The second-order valence-corrected chi connectivity index (χ2v) is 17.5. The van der Waals surface area contributed by atoms with Crippen LogP contribution in [-0.4, -0.2) is 23.6 Å². The van der Waals surface area contributed by atoms with Gasteiger partial charge in [0, 0.05) is 31.0 Å². The zero-order chi connectivity index (χ0) is 42.0. The summed E-state index contributed by atoms with van der Waals surface area (Å²) in [6, 6.07) is 41.0. The number of rotatable bonds is 8. The third-order valence-corrected chi connectivity index (χ3v) is 12.7. The van der Waals surface area contributed by atoms with Gasteiger partial charge in [-0.15, -0.1) is 0 Å². The number of carbonyl (C=O) groups excluding carboxylic acids is 4. The van der Waals surface area contributed by atoms with Gasteiger partial charge in [0.25, 0.3) is 23.6 Å². The van der Waals surface area contributed by atoms with Crippen LogP contribution in [0.3, 0.4) is 0 Å². The van der Waals surface area contributed by atoms with Crippen molar-refractivity contribution in [1.29, 1.82) is 0 Å². The molecule has 9 rings (SSSR count). The van der Waals surface area contributed by atoms with Gasteiger partial charge in [-0.2, -0.15) is 0 Å². The van der Waals surface area contributed by atoms with Crippen LogP contribution in [-0.2, 0) is 0 Å². The predicted molar refractivity (Wildman–Crippen MR) is 241 cm³/mol. The van der Waals surface area contributed by atoms with E-state index in [9.17, 15) is 19.2 Å². The minimum atomic E-state index is -0.472. The number of nitrogen functional groups attached to an aromatic ring is 2. The zero-order valence-corrected chi connectivity index (χ0v) is 34.8. The highest BCUT2D eigenvalue weighted by Gasteiger charge is 2.42. The zero-order valence-electron chi connectivity index (χ0n) is 33.2. The molecule has 2 aliphatic heterocycles. The molecule has 0 saturated heterocycles. The van der Waals surface area contributed by atoms with Gasteiger partial charge in [-0.05, 0) is 157 Å². The summed E-state index contributed by atoms with van der Waals surface area (Å²) in [5.41, 5.74) is 22.3. The topological polar surface area (TPSA) is 127 Å². The lowest BCUT2D eigenvalue weighted by Gasteiger charge is -2.24. The van der Waals surface area contributed by atoms with E-state index < -0.39 is 23.6 Å². The van der Waals surface area contributed by atoms with Gasteiger partial charge in [0.1, 0.15) is 0 Å². The summed E-state index contributed by atoms with van der Waals surface area (Å²) in [5.74, 6) is -1.87. The van der Waals surface area contributed by atoms with Crippen molar-refractivity contribution in [2.24, 2.45) is 0 Å². The molecule has 0 aliphatic carbocycles. The molecule has 0 unspecified atom stereocenters. The molecule has 2 aliphatic rings. The van der Waals surface area contributed by atoms with Gasteiger partial charge >= 0.3 is 0 Å². The average Bonchev–Trinajstić information content (AvgIpc) is 3.60. The molecule has 60 heavy (non-hydrogen) atoms. The van der Waals surface area contributed by atoms with Gasteiger partial charge in [0.2, 0.25) is 0 Å². The first-order valence-corrected chi connectivity index (χ1v) is 20.9. The molecule has 0 saturated carbocycles. The smallest absolute Gasteiger partial charge is 0.266 e. The van der Waals surface area contributed by atoms with E-state index >= 15 is 0 Å². The van der Waals surface area contributed by atoms with Crippen LogP contribution >= 0.6 is 23.5 Å². The maximum atomic E-state index is 14.6. The Morgan fingerprint density at radius 3 is 1.03 bits per heavy atom. The Bertz CT molecular complexity index is 2740. The number of carbonyl (C=O) groups is 4. The second kappa shape index (κ2) is 15.1. The molecule has 0 bridgehead atoms. The lowest BCUT2D eigenvalue weighted by Crippen LogP contribution is -2.32. The molecule has 7 aromatic carbocycles. The van der Waals surface area contributed by atoms with Crippen molar-refractivity contribution < 1.29 is 19.2 Å². The van der Waals surface area contributed by atoms with Crippen molar-refractivity contribution in [3.05, 3.63) is 178 Å². The van der Waals surface area contributed by atoms with Gasteiger partial charge in [0.05, 0.1) is 33.6 Å². The minimum absolute atomic E-state index is 0.279. The van der Waals surface area contributed by atoms with Crippen LogP contribution in [0.1, 0.15) is 63.7 Å². The van der Waals surface area contributed by atoms with E-state index in [1.807, 2.05) is 88.4 Å². The molecule has 4 N–H and O–H groups in total. The Hall–Kier alpha value is -6.88. The van der Waals surface area contributed by atoms with E-state index in [-0.39, 0.29) is 22.3 Å². The van der Waals surface area contributed by atoms with E-state index in [0.29, 0.717) is 32.5 Å². The lowest BCUT2D eigenvalue weighted by atomic mass is 10.00. The van der Waals surface area contributed by atoms with Crippen molar-refractivity contribution in [2.75, 3.05) is 21.3 Å². The number of anilines is 4. The number of nitrogens with two attached hydrogens (primary N) is 2. The summed E-state index contributed by atoms with van der Waals surface area (Å²) in [6.45, 7) is 8.03. The van der Waals surface area contributed by atoms with Crippen molar-refractivity contribution in [3.8, 4) is 22.3 Å². The van der Waals surface area contributed by atoms with Crippen LogP contribution in [0.5, 0.6) is 0 Å². The van der Waals surface area contributed by atoms with E-state index in [4.69, 9.17) is 11.5 Å². The predicted octanol–water partition coefficient (Wildman–Crippen LogP) is 11.3. The van der Waals surface area contributed by atoms with Gasteiger partial charge in [-0.1, -0.05) is 72.1 Å². The molecule has 8 nitrogen and oxygen atoms in total. The molecule has 0 fully saturated rings. The summed E-state index contributed by atoms with van der Waals surface area (Å²) in [6.07, 6.45) is 0. The highest BCUT2D eigenvalue weighted by Crippen LogP contribution is 2.49. The Kier molecular flexibility index (Phi) is 9.69. The number of aryl methyl sites for hydroxylation is 4. The molecule has 0 radical (unpaired) electrons. The number of amides is 4. The summed E-state index contributed by atoms with van der Waals surface area (Å²) >= 11 is 2.73. The average molecular weight is 823 g/mol. The third-order valence-electron chi connectivity index (χ3n) is 10.6. The Morgan fingerprint density at radius 1 is 0.367 bits per heavy atom. The molecule has 294 valence electrons. The highest BCUT2D eigenvalue weighted by atomic mass is 32.2. The first-order chi connectivity index (χ1) is 28.8. The fourth-order valence-corrected chi connectivity index (χ4v) is 10.3. The van der Waals surface area contributed by atoms with Crippen LogP contribution in [0.4, 0.5) is 22.7 Å². The quantitative estimate of drug-likeness (QED) is 0.115. The lowest BCUT2D eigenvalue weighted by molar-refractivity contribution is 0.0908. The van der Waals surface area contributed by atoms with Gasteiger partial charge in [-0.3, -0.25) is 19.2 Å². The van der Waals surface area contributed by atoms with Crippen LogP contribution in [0, 0.1) is 27.7 Å². The largest absolute Gasteiger partial charge is 0.399 e. The summed E-state index contributed by atoms with van der Waals surface area (Å²) in [7, 11) is 0. The van der Waals surface area contributed by atoms with Crippen molar-refractivity contribution >= 4 is 69.9 Å². The molecule has 0 atom stereocenters. The SMILES string of the molecule is Cc1cc(C)cc(Sc2cc(N3C(=O)c4ccc(-c5ccc(N)cc5)cc4C3=O)c(Sc3cc(C)cc(C)c3)cc2N2C(=O)c3ccc(-c4ccc(N)cc4)cc3C2=O)c1. The summed E-state index contributed by atoms with van der Waals surface area (Å²) < 4.78 is 0. The Labute approximate surface area is 356 Å². The van der Waals surface area contributed by atoms with E-state index in [2.05, 4.69) is 12.1 Å². The molecule has 10 heteroatoms. The first-order valence-electron chi connectivity index (χ1n) is 19.3. The molecule has 2 heterocycles. The minimum Gasteiger partial charge on any atom is -0.399 e. The van der Waals surface area contributed by atoms with E-state index in [1.54, 1.807) is 60.7 Å². The van der Waals surface area contributed by atoms with Gasteiger partial charge < -0.3 is 11.5 Å². The standard InChI is InChI=1S/C50H38N4O4S2/c1-27-17-28(2)20-37(19-27)59-45-25-44(54-48(56)40-16-10-34(24-42(40)50(54)58)32-7-13-36(52)14-8-32)46(60-38-21-29(3)18-30(4)22-38)26-43(45)53-47(55)39-15-9-33(23-41(39)49(53)57)31-5-11-35(51)12-6-31/h5-26H,51-52H2,1-4H3. The number of hydrogen-bond acceptors (Lipinski definition) is 8. The molecule has 0 spiro atoms. The fraction of sp³-hybridized carbons (Fsp3) is 0.0800. The van der Waals surface area contributed by atoms with Gasteiger partial charge in [0.15, 0.2) is 0 Å². The normalized spacial score (nSPS) is 13.3. The van der Waals surface area contributed by atoms with Crippen LogP contribution in [0.2, 0.25) is 0 Å². The van der Waals surface area contributed by atoms with E-state index in [0.717, 1.165) is 54.3 Å². The monoisotopic (exact) mass is 822 g/mol. The fourth-order valence-electron chi connectivity index (χ4n) is 7.92. The molecule has 7 aromatic rings. The van der Waals surface area contributed by atoms with Crippen molar-refractivity contribution in [1.82, 2.24) is 0 Å². The number of fused-ring (bicyclic) bond motifs is 2. The molecular formula is C50H38N4O4S2. The van der Waals surface area contributed by atoms with Crippen LogP contribution < -0.4 is 21.3 Å². The molecule has 4 amide bonds. The number of imide groups is 2. The Balaban J connectivity index is 1.22. The number of benzene rings is 7. The number of hydrogen-bond donors (Lipinski definition) is 2. The van der Waals surface area contributed by atoms with Crippen LogP contribution in [0.25, 0.3) is 22.3 Å². The third kappa shape index (κ3) is 7.03. The van der Waals surface area contributed by atoms with Crippen molar-refractivity contribution in [3.63, 3.8) is 0 Å². The maximum absolute atomic E-state index is 14.6. The number of nitrogens with zero attached hydrogens (tertiary/aromatic N) is 2. The van der Waals surface area contributed by atoms with Gasteiger partial charge in [-0.25, -0.2) is 9.80 Å². The molecule has 0 aromatic heterocycles. The molecular weight excluding hydrogens is 785 g/mol. The first kappa shape index (κ1) is 38.6. The maximum Gasteiger partial charge on any atom is 0.266 e. The second-order valence-electron chi connectivity index (χ2n) is 15.3.